The second-order valence-corrected chi connectivity index (χ2v) is 6.67. The van der Waals surface area contributed by atoms with E-state index in [2.05, 4.69) is 38.1 Å². The second-order valence-electron chi connectivity index (χ2n) is 3.87. The molecule has 3 aromatic heterocycles. The number of amides is 1. The number of aromatic nitrogens is 3. The molecule has 0 saturated carbocycles. The molecule has 0 saturated heterocycles. The number of carbonyl (C=O) groups is 1. The topological polar surface area (TPSA) is 59.3 Å². The third-order valence-corrected chi connectivity index (χ3v) is 4.41. The van der Waals surface area contributed by atoms with Crippen LogP contribution in [0.1, 0.15) is 16.2 Å². The van der Waals surface area contributed by atoms with Gasteiger partial charge in [0.1, 0.15) is 0 Å². The third-order valence-electron chi connectivity index (χ3n) is 2.62. The van der Waals surface area contributed by atoms with Crippen molar-refractivity contribution in [3.05, 3.63) is 50.1 Å². The highest BCUT2D eigenvalue weighted by Gasteiger charge is 2.10. The molecule has 7 heteroatoms. The van der Waals surface area contributed by atoms with E-state index < -0.39 is 0 Å². The smallest absolute Gasteiger partial charge is 0.252 e. The molecule has 1 N–H and O–H groups in total. The Labute approximate surface area is 126 Å². The first-order valence-electron chi connectivity index (χ1n) is 5.55. The number of carbonyl (C=O) groups excluding carboxylic acids is 1. The summed E-state index contributed by atoms with van der Waals surface area (Å²) in [6, 6.07) is 7.55. The van der Waals surface area contributed by atoms with Crippen molar-refractivity contribution in [2.45, 2.75) is 6.54 Å². The Hall–Kier alpha value is -1.48. The van der Waals surface area contributed by atoms with Gasteiger partial charge in [-0.2, -0.15) is 0 Å². The van der Waals surface area contributed by atoms with E-state index in [4.69, 9.17) is 0 Å². The molecule has 0 spiro atoms. The number of hydrogen-bond donors (Lipinski definition) is 1. The molecule has 0 aliphatic carbocycles. The number of halogens is 1. The van der Waals surface area contributed by atoms with Gasteiger partial charge in [0.15, 0.2) is 11.5 Å². The predicted molar refractivity (Wildman–Crippen MR) is 81.2 cm³/mol. The van der Waals surface area contributed by atoms with Gasteiger partial charge in [-0.05, 0) is 40.8 Å². The Morgan fingerprint density at radius 3 is 3.11 bits per heavy atom. The first kappa shape index (κ1) is 12.5. The van der Waals surface area contributed by atoms with Gasteiger partial charge in [0.2, 0.25) is 0 Å². The minimum Gasteiger partial charge on any atom is -0.345 e. The molecule has 0 atom stereocenters. The Morgan fingerprint density at radius 2 is 2.32 bits per heavy atom. The molecule has 96 valence electrons. The van der Waals surface area contributed by atoms with Gasteiger partial charge in [0, 0.05) is 11.6 Å². The molecule has 0 aliphatic heterocycles. The van der Waals surface area contributed by atoms with Gasteiger partial charge in [-0.1, -0.05) is 6.07 Å². The van der Waals surface area contributed by atoms with Crippen LogP contribution in [0.15, 0.2) is 35.8 Å². The lowest BCUT2D eigenvalue weighted by atomic mass is 10.3. The van der Waals surface area contributed by atoms with E-state index in [1.807, 2.05) is 40.2 Å². The van der Waals surface area contributed by atoms with Crippen LogP contribution < -0.4 is 5.32 Å². The summed E-state index contributed by atoms with van der Waals surface area (Å²) >= 11 is 3.75. The maximum absolute atomic E-state index is 11.9. The van der Waals surface area contributed by atoms with Gasteiger partial charge >= 0.3 is 0 Å². The van der Waals surface area contributed by atoms with Crippen molar-refractivity contribution in [1.82, 2.24) is 19.9 Å². The Morgan fingerprint density at radius 1 is 1.42 bits per heavy atom. The zero-order valence-electron chi connectivity index (χ0n) is 9.71. The van der Waals surface area contributed by atoms with Crippen LogP contribution in [0.3, 0.4) is 0 Å². The van der Waals surface area contributed by atoms with Crippen molar-refractivity contribution in [2.24, 2.45) is 0 Å². The van der Waals surface area contributed by atoms with Crippen LogP contribution in [-0.2, 0) is 6.54 Å². The predicted octanol–water partition coefficient (Wildman–Crippen LogP) is 2.33. The number of nitrogens with one attached hydrogen (secondary N) is 1. The zero-order valence-corrected chi connectivity index (χ0v) is 12.7. The minimum atomic E-state index is -0.0909. The Bertz CT molecular complexity index is 736. The molecule has 1 amide bonds. The number of fused-ring (bicyclic) bond motifs is 1. The first-order chi connectivity index (χ1) is 9.24. The summed E-state index contributed by atoms with van der Waals surface area (Å²) in [6.45, 7) is 0.358. The maximum atomic E-state index is 11.9. The van der Waals surface area contributed by atoms with E-state index in [0.717, 1.165) is 8.53 Å². The Balaban J connectivity index is 1.74. The van der Waals surface area contributed by atoms with Crippen molar-refractivity contribution in [2.75, 3.05) is 0 Å². The molecule has 0 aliphatic rings. The molecular weight excluding hydrogens is 375 g/mol. The number of hydrogen-bond acceptors (Lipinski definition) is 4. The lowest BCUT2D eigenvalue weighted by Gasteiger charge is -2.02. The highest BCUT2D eigenvalue weighted by Crippen LogP contribution is 2.16. The largest absolute Gasteiger partial charge is 0.345 e. The van der Waals surface area contributed by atoms with Gasteiger partial charge < -0.3 is 5.32 Å². The summed E-state index contributed by atoms with van der Waals surface area (Å²) in [4.78, 5) is 11.9. The van der Waals surface area contributed by atoms with E-state index in [1.54, 1.807) is 11.3 Å². The van der Waals surface area contributed by atoms with Crippen molar-refractivity contribution in [3.8, 4) is 0 Å². The molecule has 19 heavy (non-hydrogen) atoms. The van der Waals surface area contributed by atoms with E-state index in [9.17, 15) is 4.79 Å². The van der Waals surface area contributed by atoms with E-state index in [1.165, 1.54) is 0 Å². The molecule has 0 unspecified atom stereocenters. The fourth-order valence-electron chi connectivity index (χ4n) is 1.70. The normalized spacial score (nSPS) is 10.8. The lowest BCUT2D eigenvalue weighted by Crippen LogP contribution is -2.23. The van der Waals surface area contributed by atoms with Crippen LogP contribution in [0.5, 0.6) is 0 Å². The van der Waals surface area contributed by atoms with Crippen molar-refractivity contribution in [1.29, 1.82) is 0 Å². The molecule has 3 heterocycles. The molecule has 0 radical (unpaired) electrons. The van der Waals surface area contributed by atoms with Crippen LogP contribution in [0, 0.1) is 2.88 Å². The van der Waals surface area contributed by atoms with Crippen LogP contribution in [0.2, 0.25) is 0 Å². The van der Waals surface area contributed by atoms with E-state index >= 15 is 0 Å². The molecular formula is C12H9IN4OS. The summed E-state index contributed by atoms with van der Waals surface area (Å²) in [7, 11) is 0. The van der Waals surface area contributed by atoms with Crippen LogP contribution >= 0.6 is 33.9 Å². The van der Waals surface area contributed by atoms with E-state index in [0.29, 0.717) is 17.9 Å². The minimum absolute atomic E-state index is 0.0909. The standard InChI is InChI=1S/C12H9IN4OS/c13-9-5-8(7-19-9)12(18)14-6-11-16-15-10-3-1-2-4-17(10)11/h1-5,7H,6H2,(H,14,18). The fourth-order valence-corrected chi connectivity index (χ4v) is 3.03. The third kappa shape index (κ3) is 2.61. The fraction of sp³-hybridized carbons (Fsp3) is 0.0833. The summed E-state index contributed by atoms with van der Waals surface area (Å²) in [5.74, 6) is 0.626. The molecule has 0 bridgehead atoms. The SMILES string of the molecule is O=C(NCc1nnc2ccccn12)c1csc(I)c1. The van der Waals surface area contributed by atoms with E-state index in [-0.39, 0.29) is 5.91 Å². The highest BCUT2D eigenvalue weighted by molar-refractivity contribution is 14.1. The summed E-state index contributed by atoms with van der Waals surface area (Å²) < 4.78 is 2.95. The van der Waals surface area contributed by atoms with Crippen molar-refractivity contribution >= 4 is 45.5 Å². The number of pyridine rings is 1. The number of thiophene rings is 1. The quantitative estimate of drug-likeness (QED) is 0.706. The summed E-state index contributed by atoms with van der Waals surface area (Å²) in [5.41, 5.74) is 1.46. The number of rotatable bonds is 3. The average Bonchev–Trinajstić information content (AvgIpc) is 3.02. The lowest BCUT2D eigenvalue weighted by molar-refractivity contribution is 0.0950. The van der Waals surface area contributed by atoms with Crippen LogP contribution in [0.4, 0.5) is 0 Å². The van der Waals surface area contributed by atoms with Crippen LogP contribution in [0.25, 0.3) is 5.65 Å². The molecule has 5 nitrogen and oxygen atoms in total. The Kier molecular flexibility index (Phi) is 3.47. The molecule has 0 fully saturated rings. The summed E-state index contributed by atoms with van der Waals surface area (Å²) in [5, 5.41) is 12.8. The van der Waals surface area contributed by atoms with Gasteiger partial charge in [-0.3, -0.25) is 9.20 Å². The summed E-state index contributed by atoms with van der Waals surface area (Å²) in [6.07, 6.45) is 1.88. The highest BCUT2D eigenvalue weighted by atomic mass is 127. The van der Waals surface area contributed by atoms with Gasteiger partial charge in [0.25, 0.3) is 5.91 Å². The zero-order chi connectivity index (χ0) is 13.2. The monoisotopic (exact) mass is 384 g/mol. The first-order valence-corrected chi connectivity index (χ1v) is 7.51. The van der Waals surface area contributed by atoms with Crippen molar-refractivity contribution in [3.63, 3.8) is 0 Å². The van der Waals surface area contributed by atoms with Gasteiger partial charge in [0.05, 0.1) is 15.0 Å². The second kappa shape index (κ2) is 5.25. The van der Waals surface area contributed by atoms with Crippen molar-refractivity contribution < 1.29 is 4.79 Å². The average molecular weight is 384 g/mol. The number of nitrogens with zero attached hydrogens (tertiary/aromatic N) is 3. The molecule has 3 rings (SSSR count). The molecule has 3 aromatic rings. The van der Waals surface area contributed by atoms with Crippen LogP contribution in [-0.4, -0.2) is 20.5 Å². The molecule has 0 aromatic carbocycles. The maximum Gasteiger partial charge on any atom is 0.252 e. The van der Waals surface area contributed by atoms with Gasteiger partial charge in [-0.25, -0.2) is 0 Å². The van der Waals surface area contributed by atoms with Gasteiger partial charge in [-0.15, -0.1) is 21.5 Å².